The summed E-state index contributed by atoms with van der Waals surface area (Å²) >= 11 is 1.000. The van der Waals surface area contributed by atoms with Gasteiger partial charge in [-0.15, -0.1) is 0 Å². The maximum absolute atomic E-state index is 13.5. The van der Waals surface area contributed by atoms with Crippen LogP contribution in [0.5, 0.6) is 0 Å². The number of rotatable bonds is 9. The van der Waals surface area contributed by atoms with E-state index in [2.05, 4.69) is 23.3 Å². The lowest BCUT2D eigenvalue weighted by Crippen LogP contribution is -2.29. The van der Waals surface area contributed by atoms with Gasteiger partial charge in [0.2, 0.25) is 5.91 Å². The molecule has 0 saturated heterocycles. The van der Waals surface area contributed by atoms with Crippen LogP contribution in [0.15, 0.2) is 77.0 Å². The molecular formula is C27H23F2N3O5S. The zero-order valence-corrected chi connectivity index (χ0v) is 21.3. The summed E-state index contributed by atoms with van der Waals surface area (Å²) < 4.78 is 36.6. The number of thioether (sulfide) groups is 1. The molecule has 11 heteroatoms. The van der Waals surface area contributed by atoms with Gasteiger partial charge in [0.1, 0.15) is 6.61 Å². The molecule has 0 unspecified atom stereocenters. The number of anilines is 1. The average Bonchev–Trinajstić information content (AvgIpc) is 2.91. The van der Waals surface area contributed by atoms with Crippen molar-refractivity contribution >= 4 is 35.3 Å². The SMILES string of the molecule is C=CCOC(=O)C1=C(C)NC(SCC(=O)Nc2ccc(F)c(F)c2)=C(C#N)[C@@H]1c1ccc(C(=O)OC)cc1. The molecular weight excluding hydrogens is 516 g/mol. The maximum atomic E-state index is 13.5. The summed E-state index contributed by atoms with van der Waals surface area (Å²) in [7, 11) is 1.26. The maximum Gasteiger partial charge on any atom is 0.337 e. The van der Waals surface area contributed by atoms with Crippen LogP contribution in [0, 0.1) is 23.0 Å². The quantitative estimate of drug-likeness (QED) is 0.352. The van der Waals surface area contributed by atoms with E-state index < -0.39 is 35.4 Å². The molecule has 0 spiro atoms. The molecule has 1 aliphatic rings. The first-order valence-corrected chi connectivity index (χ1v) is 12.1. The fourth-order valence-electron chi connectivity index (χ4n) is 3.68. The lowest BCUT2D eigenvalue weighted by Gasteiger charge is -2.29. The molecule has 2 aromatic rings. The third kappa shape index (κ3) is 6.46. The summed E-state index contributed by atoms with van der Waals surface area (Å²) in [5.41, 5.74) is 1.64. The van der Waals surface area contributed by atoms with Crippen LogP contribution in [0.4, 0.5) is 14.5 Å². The summed E-state index contributed by atoms with van der Waals surface area (Å²) in [4.78, 5) is 37.3. The number of allylic oxidation sites excluding steroid dienone is 2. The third-order valence-electron chi connectivity index (χ3n) is 5.42. The highest BCUT2D eigenvalue weighted by molar-refractivity contribution is 8.03. The Bertz CT molecular complexity index is 1380. The van der Waals surface area contributed by atoms with E-state index in [1.54, 1.807) is 19.1 Å². The zero-order valence-electron chi connectivity index (χ0n) is 20.5. The van der Waals surface area contributed by atoms with E-state index in [1.807, 2.05) is 0 Å². The van der Waals surface area contributed by atoms with Crippen molar-refractivity contribution in [3.63, 3.8) is 0 Å². The second kappa shape index (κ2) is 12.7. The highest BCUT2D eigenvalue weighted by Crippen LogP contribution is 2.41. The average molecular weight is 540 g/mol. The monoisotopic (exact) mass is 539 g/mol. The van der Waals surface area contributed by atoms with Crippen molar-refractivity contribution < 1.29 is 32.6 Å². The van der Waals surface area contributed by atoms with E-state index in [-0.39, 0.29) is 34.8 Å². The second-order valence-corrected chi connectivity index (χ2v) is 8.90. The van der Waals surface area contributed by atoms with Gasteiger partial charge in [-0.1, -0.05) is 36.5 Å². The number of benzene rings is 2. The van der Waals surface area contributed by atoms with E-state index in [0.717, 1.165) is 23.9 Å². The van der Waals surface area contributed by atoms with Crippen LogP contribution in [-0.4, -0.2) is 37.3 Å². The number of amides is 1. The van der Waals surface area contributed by atoms with Crippen LogP contribution in [-0.2, 0) is 19.1 Å². The lowest BCUT2D eigenvalue weighted by molar-refractivity contribution is -0.138. The molecule has 0 fully saturated rings. The number of carbonyl (C=O) groups is 3. The third-order valence-corrected chi connectivity index (χ3v) is 6.43. The van der Waals surface area contributed by atoms with E-state index >= 15 is 0 Å². The summed E-state index contributed by atoms with van der Waals surface area (Å²) in [5, 5.41) is 15.9. The van der Waals surface area contributed by atoms with Crippen molar-refractivity contribution in [2.45, 2.75) is 12.8 Å². The number of methoxy groups -OCH3 is 1. The lowest BCUT2D eigenvalue weighted by atomic mass is 9.82. The Morgan fingerprint density at radius 3 is 2.47 bits per heavy atom. The molecule has 0 aliphatic carbocycles. The van der Waals surface area contributed by atoms with Gasteiger partial charge in [-0.05, 0) is 36.8 Å². The molecule has 0 aromatic heterocycles. The predicted molar refractivity (Wildman–Crippen MR) is 138 cm³/mol. The zero-order chi connectivity index (χ0) is 27.8. The van der Waals surface area contributed by atoms with Crippen LogP contribution in [0.1, 0.15) is 28.8 Å². The molecule has 2 aromatic carbocycles. The minimum Gasteiger partial charge on any atom is -0.465 e. The van der Waals surface area contributed by atoms with Crippen molar-refractivity contribution in [2.75, 3.05) is 24.8 Å². The highest BCUT2D eigenvalue weighted by atomic mass is 32.2. The summed E-state index contributed by atoms with van der Waals surface area (Å²) in [6.45, 7) is 5.13. The topological polar surface area (TPSA) is 118 Å². The number of esters is 2. The van der Waals surface area contributed by atoms with Gasteiger partial charge in [0.15, 0.2) is 11.6 Å². The van der Waals surface area contributed by atoms with E-state index in [4.69, 9.17) is 9.47 Å². The molecule has 1 aliphatic heterocycles. The summed E-state index contributed by atoms with van der Waals surface area (Å²) in [6.07, 6.45) is 1.41. The fraction of sp³-hybridized carbons (Fsp3) is 0.185. The van der Waals surface area contributed by atoms with Gasteiger partial charge < -0.3 is 20.1 Å². The number of ether oxygens (including phenoxy) is 2. The van der Waals surface area contributed by atoms with E-state index in [9.17, 15) is 28.4 Å². The molecule has 1 amide bonds. The Morgan fingerprint density at radius 1 is 1.16 bits per heavy atom. The Morgan fingerprint density at radius 2 is 1.87 bits per heavy atom. The molecule has 0 saturated carbocycles. The number of hydrogen-bond donors (Lipinski definition) is 2. The normalized spacial score (nSPS) is 14.8. The number of carbonyl (C=O) groups excluding carboxylic acids is 3. The second-order valence-electron chi connectivity index (χ2n) is 7.92. The standard InChI is InChI=1S/C27H23F2N3O5S/c1-4-11-37-27(35)23-15(2)31-25(38-14-22(33)32-18-9-10-20(28)21(29)12-18)19(13-30)24(23)16-5-7-17(8-6-16)26(34)36-3/h4-10,12,24,31H,1,11,14H2,2-3H3,(H,32,33)/t24-/m0/s1. The molecule has 1 heterocycles. The Balaban J connectivity index is 1.92. The van der Waals surface area contributed by atoms with Gasteiger partial charge in [-0.3, -0.25) is 4.79 Å². The number of nitrogens with zero attached hydrogens (tertiary/aromatic N) is 1. The van der Waals surface area contributed by atoms with Crippen LogP contribution >= 0.6 is 11.8 Å². The Kier molecular flexibility index (Phi) is 9.40. The fourth-order valence-corrected chi connectivity index (χ4v) is 4.57. The van der Waals surface area contributed by atoms with Crippen molar-refractivity contribution in [3.05, 3.63) is 99.8 Å². The number of halogens is 2. The van der Waals surface area contributed by atoms with Gasteiger partial charge in [0.05, 0.1) is 46.6 Å². The van der Waals surface area contributed by atoms with Gasteiger partial charge in [-0.2, -0.15) is 5.26 Å². The van der Waals surface area contributed by atoms with E-state index in [1.165, 1.54) is 31.4 Å². The van der Waals surface area contributed by atoms with Crippen molar-refractivity contribution in [1.82, 2.24) is 5.32 Å². The van der Waals surface area contributed by atoms with Gasteiger partial charge in [-0.25, -0.2) is 18.4 Å². The molecule has 0 radical (unpaired) electrons. The van der Waals surface area contributed by atoms with Crippen LogP contribution in [0.25, 0.3) is 0 Å². The summed E-state index contributed by atoms with van der Waals surface area (Å²) in [5.74, 6) is -4.90. The number of dihydropyridines is 1. The molecule has 8 nitrogen and oxygen atoms in total. The molecule has 3 rings (SSSR count). The van der Waals surface area contributed by atoms with Crippen LogP contribution in [0.2, 0.25) is 0 Å². The first kappa shape index (κ1) is 28.1. The van der Waals surface area contributed by atoms with Crippen LogP contribution < -0.4 is 10.6 Å². The highest BCUT2D eigenvalue weighted by Gasteiger charge is 2.35. The number of nitriles is 1. The van der Waals surface area contributed by atoms with Crippen molar-refractivity contribution in [2.24, 2.45) is 0 Å². The summed E-state index contributed by atoms with van der Waals surface area (Å²) in [6, 6.07) is 11.3. The van der Waals surface area contributed by atoms with Crippen molar-refractivity contribution in [3.8, 4) is 6.07 Å². The molecule has 196 valence electrons. The first-order chi connectivity index (χ1) is 18.2. The number of hydrogen-bond acceptors (Lipinski definition) is 8. The molecule has 0 bridgehead atoms. The van der Waals surface area contributed by atoms with Crippen LogP contribution in [0.3, 0.4) is 0 Å². The predicted octanol–water partition coefficient (Wildman–Crippen LogP) is 4.55. The first-order valence-electron chi connectivity index (χ1n) is 11.2. The Labute approximate surface area is 222 Å². The molecule has 38 heavy (non-hydrogen) atoms. The minimum atomic E-state index is -1.10. The smallest absolute Gasteiger partial charge is 0.337 e. The van der Waals surface area contributed by atoms with Gasteiger partial charge >= 0.3 is 11.9 Å². The Hall–Kier alpha value is -4.43. The largest absolute Gasteiger partial charge is 0.465 e. The van der Waals surface area contributed by atoms with E-state index in [0.29, 0.717) is 16.3 Å². The number of nitrogens with one attached hydrogen (secondary N) is 2. The van der Waals surface area contributed by atoms with Gasteiger partial charge in [0.25, 0.3) is 0 Å². The molecule has 1 atom stereocenters. The van der Waals surface area contributed by atoms with Crippen molar-refractivity contribution in [1.29, 1.82) is 5.26 Å². The van der Waals surface area contributed by atoms with Gasteiger partial charge in [0, 0.05) is 17.5 Å². The molecule has 2 N–H and O–H groups in total. The minimum absolute atomic E-state index is 0.0407.